The Bertz CT molecular complexity index is 181. The number of aliphatic imine (C=N–C) groups is 1. The van der Waals surface area contributed by atoms with Gasteiger partial charge in [-0.15, -0.1) is 24.0 Å². The highest BCUT2D eigenvalue weighted by molar-refractivity contribution is 14.0. The molecule has 0 spiro atoms. The van der Waals surface area contributed by atoms with E-state index < -0.39 is 0 Å². The second-order valence-electron chi connectivity index (χ2n) is 4.23. The fraction of sp³-hybridized carbons (Fsp3) is 0.917. The van der Waals surface area contributed by atoms with Gasteiger partial charge in [-0.25, -0.2) is 0 Å². The summed E-state index contributed by atoms with van der Waals surface area (Å²) in [4.78, 5) is 6.46. The second-order valence-corrected chi connectivity index (χ2v) is 4.23. The zero-order valence-electron chi connectivity index (χ0n) is 11.4. The summed E-state index contributed by atoms with van der Waals surface area (Å²) >= 11 is 0. The average Bonchev–Trinajstić information content (AvgIpc) is 2.17. The van der Waals surface area contributed by atoms with E-state index >= 15 is 0 Å². The van der Waals surface area contributed by atoms with Crippen molar-refractivity contribution in [2.45, 2.75) is 52.5 Å². The summed E-state index contributed by atoms with van der Waals surface area (Å²) in [5.41, 5.74) is 0. The molecule has 0 aliphatic rings. The van der Waals surface area contributed by atoms with Gasteiger partial charge in [0.05, 0.1) is 0 Å². The minimum atomic E-state index is 0. The highest BCUT2D eigenvalue weighted by Gasteiger charge is 2.06. The SMILES string of the molecule is CCCCCC(C)NC(=NCC)N(C)C.I. The molecule has 0 saturated carbocycles. The van der Waals surface area contributed by atoms with Crippen LogP contribution in [0.1, 0.15) is 46.5 Å². The first-order valence-corrected chi connectivity index (χ1v) is 6.10. The number of guanidine groups is 1. The van der Waals surface area contributed by atoms with Crippen molar-refractivity contribution in [1.29, 1.82) is 0 Å². The Morgan fingerprint density at radius 3 is 2.31 bits per heavy atom. The normalized spacial score (nSPS) is 12.9. The van der Waals surface area contributed by atoms with Crippen LogP contribution < -0.4 is 5.32 Å². The molecule has 0 rings (SSSR count). The van der Waals surface area contributed by atoms with Crippen molar-refractivity contribution < 1.29 is 0 Å². The topological polar surface area (TPSA) is 27.6 Å². The Hall–Kier alpha value is 0. The van der Waals surface area contributed by atoms with Gasteiger partial charge < -0.3 is 10.2 Å². The van der Waals surface area contributed by atoms with Crippen LogP contribution in [0.2, 0.25) is 0 Å². The number of nitrogens with zero attached hydrogens (tertiary/aromatic N) is 2. The molecule has 16 heavy (non-hydrogen) atoms. The van der Waals surface area contributed by atoms with Gasteiger partial charge >= 0.3 is 0 Å². The highest BCUT2D eigenvalue weighted by Crippen LogP contribution is 2.03. The monoisotopic (exact) mass is 341 g/mol. The molecule has 98 valence electrons. The maximum absolute atomic E-state index is 4.42. The summed E-state index contributed by atoms with van der Waals surface area (Å²) in [6.45, 7) is 7.36. The lowest BCUT2D eigenvalue weighted by molar-refractivity contribution is 0.508. The molecule has 1 N–H and O–H groups in total. The lowest BCUT2D eigenvalue weighted by atomic mass is 10.1. The van der Waals surface area contributed by atoms with E-state index in [4.69, 9.17) is 0 Å². The number of halogens is 1. The smallest absolute Gasteiger partial charge is 0.193 e. The predicted octanol–water partition coefficient (Wildman–Crippen LogP) is 3.10. The number of rotatable bonds is 6. The van der Waals surface area contributed by atoms with E-state index in [9.17, 15) is 0 Å². The summed E-state index contributed by atoms with van der Waals surface area (Å²) in [5, 5.41) is 3.45. The first-order valence-electron chi connectivity index (χ1n) is 6.10. The number of unbranched alkanes of at least 4 members (excludes halogenated alkanes) is 2. The summed E-state index contributed by atoms with van der Waals surface area (Å²) in [6, 6.07) is 0.518. The van der Waals surface area contributed by atoms with Crippen LogP contribution >= 0.6 is 24.0 Å². The molecule has 1 unspecified atom stereocenters. The van der Waals surface area contributed by atoms with Crippen LogP contribution in [-0.2, 0) is 0 Å². The van der Waals surface area contributed by atoms with Gasteiger partial charge in [-0.05, 0) is 20.3 Å². The maximum Gasteiger partial charge on any atom is 0.193 e. The summed E-state index contributed by atoms with van der Waals surface area (Å²) in [6.07, 6.45) is 5.15. The highest BCUT2D eigenvalue weighted by atomic mass is 127. The minimum Gasteiger partial charge on any atom is -0.354 e. The molecule has 1 atom stereocenters. The van der Waals surface area contributed by atoms with Crippen LogP contribution in [0.25, 0.3) is 0 Å². The Labute approximate surface area is 118 Å². The maximum atomic E-state index is 4.42. The van der Waals surface area contributed by atoms with Crippen molar-refractivity contribution in [3.8, 4) is 0 Å². The van der Waals surface area contributed by atoms with E-state index in [0.717, 1.165) is 12.5 Å². The van der Waals surface area contributed by atoms with Crippen molar-refractivity contribution in [3.05, 3.63) is 0 Å². The third-order valence-electron chi connectivity index (χ3n) is 2.35. The molecule has 0 aliphatic carbocycles. The van der Waals surface area contributed by atoms with E-state index in [-0.39, 0.29) is 24.0 Å². The van der Waals surface area contributed by atoms with Crippen LogP contribution in [0.15, 0.2) is 4.99 Å². The summed E-state index contributed by atoms with van der Waals surface area (Å²) < 4.78 is 0. The van der Waals surface area contributed by atoms with Crippen molar-refractivity contribution in [3.63, 3.8) is 0 Å². The molecule has 0 fully saturated rings. The van der Waals surface area contributed by atoms with Crippen LogP contribution in [0.3, 0.4) is 0 Å². The van der Waals surface area contributed by atoms with E-state index in [0.29, 0.717) is 6.04 Å². The number of hydrogen-bond donors (Lipinski definition) is 1. The van der Waals surface area contributed by atoms with Gasteiger partial charge in [0.1, 0.15) is 0 Å². The first-order chi connectivity index (χ1) is 7.11. The zero-order chi connectivity index (χ0) is 11.7. The molecular weight excluding hydrogens is 313 g/mol. The molecule has 0 aromatic rings. The fourth-order valence-electron chi connectivity index (χ4n) is 1.46. The van der Waals surface area contributed by atoms with Crippen LogP contribution in [0.5, 0.6) is 0 Å². The molecular formula is C12H28IN3. The van der Waals surface area contributed by atoms with Crippen molar-refractivity contribution in [1.82, 2.24) is 10.2 Å². The number of hydrogen-bond acceptors (Lipinski definition) is 1. The zero-order valence-corrected chi connectivity index (χ0v) is 13.7. The largest absolute Gasteiger partial charge is 0.354 e. The lowest BCUT2D eigenvalue weighted by Gasteiger charge is -2.22. The molecule has 0 amide bonds. The third-order valence-corrected chi connectivity index (χ3v) is 2.35. The summed E-state index contributed by atoms with van der Waals surface area (Å²) in [7, 11) is 4.06. The molecule has 3 nitrogen and oxygen atoms in total. The Balaban J connectivity index is 0. The molecule has 0 aromatic carbocycles. The molecule has 0 aromatic heterocycles. The van der Waals surface area contributed by atoms with Crippen molar-refractivity contribution in [2.24, 2.45) is 4.99 Å². The summed E-state index contributed by atoms with van der Waals surface area (Å²) in [5.74, 6) is 1.00. The molecule has 0 heterocycles. The average molecular weight is 341 g/mol. The molecule has 0 bridgehead atoms. The van der Waals surface area contributed by atoms with E-state index in [1.54, 1.807) is 0 Å². The van der Waals surface area contributed by atoms with Gasteiger partial charge in [0.2, 0.25) is 0 Å². The Morgan fingerprint density at radius 1 is 1.25 bits per heavy atom. The van der Waals surface area contributed by atoms with E-state index in [2.05, 4.69) is 31.1 Å². The lowest BCUT2D eigenvalue weighted by Crippen LogP contribution is -2.41. The van der Waals surface area contributed by atoms with Gasteiger partial charge in [-0.2, -0.15) is 0 Å². The minimum absolute atomic E-state index is 0. The fourth-order valence-corrected chi connectivity index (χ4v) is 1.46. The van der Waals surface area contributed by atoms with Gasteiger partial charge in [0, 0.05) is 26.7 Å². The Kier molecular flexibility index (Phi) is 13.2. The van der Waals surface area contributed by atoms with Crippen LogP contribution in [-0.4, -0.2) is 37.5 Å². The molecule has 4 heteroatoms. The van der Waals surface area contributed by atoms with Gasteiger partial charge in [0.25, 0.3) is 0 Å². The number of nitrogens with one attached hydrogen (secondary N) is 1. The van der Waals surface area contributed by atoms with Gasteiger partial charge in [0.15, 0.2) is 5.96 Å². The van der Waals surface area contributed by atoms with E-state index in [1.165, 1.54) is 25.7 Å². The van der Waals surface area contributed by atoms with Crippen molar-refractivity contribution in [2.75, 3.05) is 20.6 Å². The third kappa shape index (κ3) is 9.24. The molecule has 0 aliphatic heterocycles. The second kappa shape index (κ2) is 11.5. The van der Waals surface area contributed by atoms with E-state index in [1.807, 2.05) is 19.0 Å². The predicted molar refractivity (Wildman–Crippen MR) is 83.8 cm³/mol. The van der Waals surface area contributed by atoms with Crippen molar-refractivity contribution >= 4 is 29.9 Å². The molecule has 0 radical (unpaired) electrons. The Morgan fingerprint density at radius 2 is 1.88 bits per heavy atom. The van der Waals surface area contributed by atoms with Gasteiger partial charge in [-0.1, -0.05) is 26.2 Å². The van der Waals surface area contributed by atoms with Gasteiger partial charge in [-0.3, -0.25) is 4.99 Å². The quantitative estimate of drug-likeness (QED) is 0.348. The first kappa shape index (κ1) is 18.4. The van der Waals surface area contributed by atoms with Crippen LogP contribution in [0, 0.1) is 0 Å². The molecule has 0 saturated heterocycles. The van der Waals surface area contributed by atoms with Crippen LogP contribution in [0.4, 0.5) is 0 Å². The standard InChI is InChI=1S/C12H27N3.HI/c1-6-8-9-10-11(3)14-12(13-7-2)15(4)5;/h11H,6-10H2,1-5H3,(H,13,14);1H.